The highest BCUT2D eigenvalue weighted by atomic mass is 16.4. The molecule has 6 heteroatoms. The number of carbonyl (C=O) groups is 1. The van der Waals surface area contributed by atoms with Gasteiger partial charge in [0.1, 0.15) is 0 Å². The predicted molar refractivity (Wildman–Crippen MR) is 67.3 cm³/mol. The van der Waals surface area contributed by atoms with Crippen LogP contribution in [0, 0.1) is 5.41 Å². The van der Waals surface area contributed by atoms with E-state index in [2.05, 4.69) is 15.5 Å². The number of tetrazole rings is 1. The first-order valence-corrected chi connectivity index (χ1v) is 6.03. The van der Waals surface area contributed by atoms with Gasteiger partial charge in [-0.2, -0.15) is 0 Å². The van der Waals surface area contributed by atoms with Crippen molar-refractivity contribution >= 4 is 5.97 Å². The summed E-state index contributed by atoms with van der Waals surface area (Å²) in [4.78, 5) is 11.0. The van der Waals surface area contributed by atoms with Crippen LogP contribution in [-0.2, 0) is 10.2 Å². The van der Waals surface area contributed by atoms with Crippen LogP contribution in [0.3, 0.4) is 0 Å². The third-order valence-electron chi connectivity index (χ3n) is 2.83. The quantitative estimate of drug-likeness (QED) is 0.892. The van der Waals surface area contributed by atoms with Gasteiger partial charge in [0.05, 0.1) is 12.5 Å². The van der Waals surface area contributed by atoms with Crippen LogP contribution in [0.2, 0.25) is 0 Å². The Hall–Kier alpha value is -1.46. The zero-order valence-electron chi connectivity index (χ0n) is 11.9. The minimum Gasteiger partial charge on any atom is -0.481 e. The van der Waals surface area contributed by atoms with E-state index in [-0.39, 0.29) is 23.3 Å². The predicted octanol–water partition coefficient (Wildman–Crippen LogP) is 2.03. The Morgan fingerprint density at radius 1 is 1.28 bits per heavy atom. The molecule has 102 valence electrons. The lowest BCUT2D eigenvalue weighted by molar-refractivity contribution is -0.139. The first kappa shape index (κ1) is 14.6. The summed E-state index contributed by atoms with van der Waals surface area (Å²) in [6, 6.07) is -0.265. The van der Waals surface area contributed by atoms with Gasteiger partial charge in [-0.15, -0.1) is 5.10 Å². The Balaban J connectivity index is 3.23. The zero-order chi connectivity index (χ0) is 14.1. The maximum Gasteiger partial charge on any atom is 0.305 e. The molecule has 1 atom stereocenters. The minimum absolute atomic E-state index is 0.0115. The van der Waals surface area contributed by atoms with E-state index < -0.39 is 5.97 Å². The second-order valence-electron chi connectivity index (χ2n) is 6.68. The van der Waals surface area contributed by atoms with Crippen LogP contribution in [0.25, 0.3) is 0 Å². The highest BCUT2D eigenvalue weighted by Crippen LogP contribution is 2.35. The second-order valence-corrected chi connectivity index (χ2v) is 6.68. The topological polar surface area (TPSA) is 80.9 Å². The molecule has 0 radical (unpaired) electrons. The molecule has 0 aliphatic heterocycles. The number of rotatable bonds is 3. The molecule has 1 N–H and O–H groups in total. The fourth-order valence-electron chi connectivity index (χ4n) is 1.82. The van der Waals surface area contributed by atoms with Gasteiger partial charge in [-0.1, -0.05) is 41.5 Å². The third kappa shape index (κ3) is 3.27. The molecule has 6 nitrogen and oxygen atoms in total. The molecule has 0 aliphatic carbocycles. The molecular formula is C12H22N4O2. The molecule has 1 unspecified atom stereocenters. The molecule has 0 aliphatic rings. The molecule has 0 fully saturated rings. The molecule has 18 heavy (non-hydrogen) atoms. The van der Waals surface area contributed by atoms with Gasteiger partial charge in [0, 0.05) is 5.41 Å². The molecule has 1 rings (SSSR count). The van der Waals surface area contributed by atoms with Crippen molar-refractivity contribution in [2.24, 2.45) is 5.41 Å². The van der Waals surface area contributed by atoms with E-state index in [1.54, 1.807) is 4.68 Å². The van der Waals surface area contributed by atoms with Gasteiger partial charge in [0.25, 0.3) is 0 Å². The maximum absolute atomic E-state index is 11.0. The van der Waals surface area contributed by atoms with Crippen molar-refractivity contribution in [2.75, 3.05) is 0 Å². The van der Waals surface area contributed by atoms with Crippen LogP contribution < -0.4 is 0 Å². The normalized spacial score (nSPS) is 14.6. The largest absolute Gasteiger partial charge is 0.481 e. The fraction of sp³-hybridized carbons (Fsp3) is 0.833. The lowest BCUT2D eigenvalue weighted by atomic mass is 9.84. The van der Waals surface area contributed by atoms with Crippen molar-refractivity contribution in [2.45, 2.75) is 59.4 Å². The summed E-state index contributed by atoms with van der Waals surface area (Å²) in [5.74, 6) is -0.131. The molecule has 0 aromatic carbocycles. The summed E-state index contributed by atoms with van der Waals surface area (Å²) < 4.78 is 1.66. The Labute approximate surface area is 107 Å². The summed E-state index contributed by atoms with van der Waals surface area (Å²) >= 11 is 0. The van der Waals surface area contributed by atoms with Crippen LogP contribution >= 0.6 is 0 Å². The molecule has 0 saturated carbocycles. The molecule has 1 aromatic rings. The van der Waals surface area contributed by atoms with E-state index in [4.69, 9.17) is 5.11 Å². The van der Waals surface area contributed by atoms with Crippen molar-refractivity contribution in [1.29, 1.82) is 0 Å². The molecular weight excluding hydrogens is 232 g/mol. The van der Waals surface area contributed by atoms with Gasteiger partial charge in [-0.05, 0) is 15.8 Å². The van der Waals surface area contributed by atoms with Crippen LogP contribution in [-0.4, -0.2) is 31.3 Å². The van der Waals surface area contributed by atoms with Crippen LogP contribution in [0.5, 0.6) is 0 Å². The molecule has 0 amide bonds. The summed E-state index contributed by atoms with van der Waals surface area (Å²) in [6.45, 7) is 12.0. The number of carboxylic acid groups (broad SMARTS) is 1. The number of aliphatic carboxylic acids is 1. The lowest BCUT2D eigenvalue weighted by Crippen LogP contribution is -2.32. The van der Waals surface area contributed by atoms with Gasteiger partial charge in [0.2, 0.25) is 0 Å². The van der Waals surface area contributed by atoms with Gasteiger partial charge >= 0.3 is 5.97 Å². The highest BCUT2D eigenvalue weighted by Gasteiger charge is 2.34. The molecule has 0 bridgehead atoms. The van der Waals surface area contributed by atoms with Crippen molar-refractivity contribution < 1.29 is 9.90 Å². The zero-order valence-corrected chi connectivity index (χ0v) is 11.9. The van der Waals surface area contributed by atoms with E-state index in [0.717, 1.165) is 0 Å². The Morgan fingerprint density at radius 3 is 2.22 bits per heavy atom. The SMILES string of the molecule is CC(C)(C)c1nnnn1C(CC(=O)O)C(C)(C)C. The smallest absolute Gasteiger partial charge is 0.305 e. The maximum atomic E-state index is 11.0. The average Bonchev–Trinajstić information content (AvgIpc) is 2.58. The van der Waals surface area contributed by atoms with E-state index in [1.165, 1.54) is 0 Å². The summed E-state index contributed by atoms with van der Waals surface area (Å²) in [5.41, 5.74) is -0.445. The Morgan fingerprint density at radius 2 is 1.83 bits per heavy atom. The van der Waals surface area contributed by atoms with Crippen molar-refractivity contribution in [3.63, 3.8) is 0 Å². The number of hydrogen-bond donors (Lipinski definition) is 1. The van der Waals surface area contributed by atoms with Gasteiger partial charge in [-0.25, -0.2) is 4.68 Å². The second kappa shape index (κ2) is 4.66. The van der Waals surface area contributed by atoms with Gasteiger partial charge in [-0.3, -0.25) is 4.79 Å². The molecule has 0 saturated heterocycles. The first-order chi connectivity index (χ1) is 8.03. The van der Waals surface area contributed by atoms with Crippen LogP contribution in [0.4, 0.5) is 0 Å². The monoisotopic (exact) mass is 254 g/mol. The molecule has 1 aromatic heterocycles. The number of aromatic nitrogens is 4. The minimum atomic E-state index is -0.842. The van der Waals surface area contributed by atoms with E-state index in [1.807, 2.05) is 41.5 Å². The van der Waals surface area contributed by atoms with Crippen LogP contribution in [0.15, 0.2) is 0 Å². The first-order valence-electron chi connectivity index (χ1n) is 6.03. The van der Waals surface area contributed by atoms with Crippen LogP contribution in [0.1, 0.15) is 59.8 Å². The van der Waals surface area contributed by atoms with E-state index >= 15 is 0 Å². The van der Waals surface area contributed by atoms with Gasteiger partial charge < -0.3 is 5.11 Å². The van der Waals surface area contributed by atoms with Crippen molar-refractivity contribution in [1.82, 2.24) is 20.2 Å². The third-order valence-corrected chi connectivity index (χ3v) is 2.83. The number of hydrogen-bond acceptors (Lipinski definition) is 4. The number of nitrogens with zero attached hydrogens (tertiary/aromatic N) is 4. The highest BCUT2D eigenvalue weighted by molar-refractivity contribution is 5.67. The molecule has 0 spiro atoms. The Bertz CT molecular complexity index is 426. The Kier molecular flexibility index (Phi) is 3.78. The van der Waals surface area contributed by atoms with E-state index in [0.29, 0.717) is 5.82 Å². The van der Waals surface area contributed by atoms with Crippen molar-refractivity contribution in [3.05, 3.63) is 5.82 Å². The summed E-state index contributed by atoms with van der Waals surface area (Å²) in [6.07, 6.45) is 0.0115. The average molecular weight is 254 g/mol. The van der Waals surface area contributed by atoms with Gasteiger partial charge in [0.15, 0.2) is 5.82 Å². The fourth-order valence-corrected chi connectivity index (χ4v) is 1.82. The number of carboxylic acids is 1. The lowest BCUT2D eigenvalue weighted by Gasteiger charge is -2.31. The van der Waals surface area contributed by atoms with Crippen molar-refractivity contribution in [3.8, 4) is 0 Å². The summed E-state index contributed by atoms with van der Waals surface area (Å²) in [5, 5.41) is 20.8. The van der Waals surface area contributed by atoms with E-state index in [9.17, 15) is 4.79 Å². The molecule has 1 heterocycles. The standard InChI is InChI=1S/C12H22N4O2/c1-11(2,3)8(7-9(17)18)16-10(12(4,5)6)13-14-15-16/h8H,7H2,1-6H3,(H,17,18). The summed E-state index contributed by atoms with van der Waals surface area (Å²) in [7, 11) is 0.